The van der Waals surface area contributed by atoms with Crippen molar-refractivity contribution in [3.63, 3.8) is 0 Å². The second-order valence-corrected chi connectivity index (χ2v) is 8.66. The Hall–Kier alpha value is -2.57. The minimum atomic E-state index is -0.0174. The second-order valence-electron chi connectivity index (χ2n) is 7.74. The molecule has 0 saturated carbocycles. The Morgan fingerprint density at radius 2 is 1.87 bits per heavy atom. The molecule has 3 aromatic rings. The number of benzene rings is 2. The molecule has 0 aliphatic heterocycles. The van der Waals surface area contributed by atoms with E-state index >= 15 is 0 Å². The molecule has 4 rings (SSSR count). The Bertz CT molecular complexity index is 1030. The Labute approximate surface area is 185 Å². The molecule has 5 nitrogen and oxygen atoms in total. The van der Waals surface area contributed by atoms with E-state index in [-0.39, 0.29) is 5.91 Å². The minimum Gasteiger partial charge on any atom is -0.333 e. The van der Waals surface area contributed by atoms with E-state index in [2.05, 4.69) is 32.8 Å². The van der Waals surface area contributed by atoms with Crippen LogP contribution in [0.25, 0.3) is 11.3 Å². The number of nitrogens with zero attached hydrogens (tertiary/aromatic N) is 3. The van der Waals surface area contributed by atoms with E-state index < -0.39 is 0 Å². The first kappa shape index (κ1) is 20.7. The van der Waals surface area contributed by atoms with E-state index in [1.54, 1.807) is 11.2 Å². The largest absolute Gasteiger partial charge is 0.333 e. The van der Waals surface area contributed by atoms with Crippen molar-refractivity contribution in [3.05, 3.63) is 81.7 Å². The van der Waals surface area contributed by atoms with Gasteiger partial charge in [-0.2, -0.15) is 0 Å². The van der Waals surface area contributed by atoms with E-state index in [0.717, 1.165) is 39.8 Å². The Morgan fingerprint density at radius 3 is 2.57 bits per heavy atom. The molecule has 1 heterocycles. The van der Waals surface area contributed by atoms with Gasteiger partial charge in [0.1, 0.15) is 6.33 Å². The number of fused-ring (bicyclic) bond motifs is 1. The van der Waals surface area contributed by atoms with Crippen LogP contribution in [-0.4, -0.2) is 33.9 Å². The molecule has 6 heteroatoms. The predicted molar refractivity (Wildman–Crippen MR) is 122 cm³/mol. The van der Waals surface area contributed by atoms with Crippen LogP contribution < -0.4 is 5.73 Å². The number of amides is 1. The fraction of sp³-hybridized carbons (Fsp3) is 0.292. The average Bonchev–Trinajstić information content (AvgIpc) is 3.16. The van der Waals surface area contributed by atoms with Gasteiger partial charge in [0.05, 0.1) is 5.69 Å². The van der Waals surface area contributed by atoms with Gasteiger partial charge in [-0.25, -0.2) is 9.97 Å². The van der Waals surface area contributed by atoms with Crippen molar-refractivity contribution in [2.45, 2.75) is 32.2 Å². The molecular formula is C24H25BrN4O. The van der Waals surface area contributed by atoms with E-state index in [1.807, 2.05) is 48.5 Å². The highest BCUT2D eigenvalue weighted by Crippen LogP contribution is 2.37. The van der Waals surface area contributed by atoms with Crippen molar-refractivity contribution in [2.24, 2.45) is 5.73 Å². The lowest BCUT2D eigenvalue weighted by molar-refractivity contribution is 0.0748. The van der Waals surface area contributed by atoms with Crippen LogP contribution in [0.1, 0.15) is 46.4 Å². The van der Waals surface area contributed by atoms with Crippen molar-refractivity contribution < 1.29 is 4.79 Å². The van der Waals surface area contributed by atoms with Crippen LogP contribution in [0.4, 0.5) is 0 Å². The third kappa shape index (κ3) is 4.30. The van der Waals surface area contributed by atoms with Gasteiger partial charge < -0.3 is 10.6 Å². The fourth-order valence-corrected chi connectivity index (χ4v) is 4.31. The van der Waals surface area contributed by atoms with Crippen molar-refractivity contribution in [3.8, 4) is 11.3 Å². The number of hydrogen-bond donors (Lipinski definition) is 1. The highest BCUT2D eigenvalue weighted by atomic mass is 79.9. The van der Waals surface area contributed by atoms with Crippen LogP contribution in [0.3, 0.4) is 0 Å². The molecule has 0 fully saturated rings. The second kappa shape index (κ2) is 9.06. The summed E-state index contributed by atoms with van der Waals surface area (Å²) in [6, 6.07) is 15.7. The summed E-state index contributed by atoms with van der Waals surface area (Å²) in [5, 5.41) is 0. The third-order valence-corrected chi connectivity index (χ3v) is 6.18. The van der Waals surface area contributed by atoms with Gasteiger partial charge in [0.2, 0.25) is 0 Å². The molecule has 1 amide bonds. The summed E-state index contributed by atoms with van der Waals surface area (Å²) in [7, 11) is 0. The molecule has 1 aliphatic rings. The predicted octanol–water partition coefficient (Wildman–Crippen LogP) is 4.56. The van der Waals surface area contributed by atoms with Gasteiger partial charge in [-0.15, -0.1) is 0 Å². The number of hydrogen-bond acceptors (Lipinski definition) is 4. The maximum Gasteiger partial charge on any atom is 0.254 e. The van der Waals surface area contributed by atoms with Gasteiger partial charge in [-0.05, 0) is 48.6 Å². The molecule has 0 bridgehead atoms. The van der Waals surface area contributed by atoms with Crippen LogP contribution in [0.5, 0.6) is 0 Å². The van der Waals surface area contributed by atoms with Gasteiger partial charge in [0.15, 0.2) is 0 Å². The number of carbonyl (C=O) groups is 1. The maximum absolute atomic E-state index is 13.1. The van der Waals surface area contributed by atoms with Crippen molar-refractivity contribution in [2.75, 3.05) is 13.1 Å². The normalized spacial score (nSPS) is 15.1. The minimum absolute atomic E-state index is 0.0174. The number of aryl methyl sites for hydroxylation is 1. The van der Waals surface area contributed by atoms with E-state index in [4.69, 9.17) is 5.73 Å². The summed E-state index contributed by atoms with van der Waals surface area (Å²) in [5.41, 5.74) is 11.9. The monoisotopic (exact) mass is 464 g/mol. The standard InChI is InChI=1S/C24H25BrN4O/c1-16-2-11-21-22(16)23(28-15-27-21)18-5-7-19(8-6-18)24(30)29(13-12-26)14-17-3-9-20(25)10-4-17/h3-10,15-16H,2,11-14,26H2,1H3/t16-/m1/s1. The zero-order valence-corrected chi connectivity index (χ0v) is 18.6. The quantitative estimate of drug-likeness (QED) is 0.580. The SMILES string of the molecule is C[C@@H]1CCc2ncnc(-c3ccc(C(=O)N(CCN)Cc4ccc(Br)cc4)cc3)c21. The first-order valence-corrected chi connectivity index (χ1v) is 11.0. The van der Waals surface area contributed by atoms with Crippen LogP contribution in [-0.2, 0) is 13.0 Å². The molecule has 0 spiro atoms. The Kier molecular flexibility index (Phi) is 6.25. The van der Waals surface area contributed by atoms with Gasteiger partial charge in [0.25, 0.3) is 5.91 Å². The first-order valence-electron chi connectivity index (χ1n) is 10.2. The third-order valence-electron chi connectivity index (χ3n) is 5.65. The lowest BCUT2D eigenvalue weighted by atomic mass is 9.98. The molecular weight excluding hydrogens is 440 g/mol. The van der Waals surface area contributed by atoms with Crippen molar-refractivity contribution >= 4 is 21.8 Å². The lowest BCUT2D eigenvalue weighted by Gasteiger charge is -2.22. The maximum atomic E-state index is 13.1. The molecule has 1 atom stereocenters. The van der Waals surface area contributed by atoms with Crippen LogP contribution >= 0.6 is 15.9 Å². The first-order chi connectivity index (χ1) is 14.6. The topological polar surface area (TPSA) is 72.1 Å². The number of nitrogens with two attached hydrogens (primary N) is 1. The fourth-order valence-electron chi connectivity index (χ4n) is 4.05. The molecule has 154 valence electrons. The molecule has 0 unspecified atom stereocenters. The zero-order chi connectivity index (χ0) is 21.1. The van der Waals surface area contributed by atoms with E-state index in [1.165, 1.54) is 5.56 Å². The summed E-state index contributed by atoms with van der Waals surface area (Å²) in [4.78, 5) is 23.9. The van der Waals surface area contributed by atoms with Crippen LogP contribution in [0.2, 0.25) is 0 Å². The summed E-state index contributed by atoms with van der Waals surface area (Å²) < 4.78 is 1.02. The van der Waals surface area contributed by atoms with E-state index in [9.17, 15) is 4.79 Å². The Balaban J connectivity index is 1.56. The number of aromatic nitrogens is 2. The summed E-state index contributed by atoms with van der Waals surface area (Å²) in [5.74, 6) is 0.444. The van der Waals surface area contributed by atoms with Crippen molar-refractivity contribution in [1.82, 2.24) is 14.9 Å². The number of carbonyl (C=O) groups excluding carboxylic acids is 1. The Morgan fingerprint density at radius 1 is 1.13 bits per heavy atom. The molecule has 0 radical (unpaired) electrons. The molecule has 2 N–H and O–H groups in total. The van der Waals surface area contributed by atoms with Crippen molar-refractivity contribution in [1.29, 1.82) is 0 Å². The summed E-state index contributed by atoms with van der Waals surface area (Å²) in [6.07, 6.45) is 3.76. The van der Waals surface area contributed by atoms with Gasteiger partial charge in [-0.3, -0.25) is 4.79 Å². The van der Waals surface area contributed by atoms with Crippen LogP contribution in [0, 0.1) is 0 Å². The van der Waals surface area contributed by atoms with E-state index in [0.29, 0.717) is 31.1 Å². The highest BCUT2D eigenvalue weighted by molar-refractivity contribution is 9.10. The average molecular weight is 465 g/mol. The molecule has 30 heavy (non-hydrogen) atoms. The number of rotatable bonds is 6. The summed E-state index contributed by atoms with van der Waals surface area (Å²) in [6.45, 7) is 3.68. The molecule has 2 aromatic carbocycles. The molecule has 1 aliphatic carbocycles. The lowest BCUT2D eigenvalue weighted by Crippen LogP contribution is -2.34. The van der Waals surface area contributed by atoms with Gasteiger partial charge >= 0.3 is 0 Å². The van der Waals surface area contributed by atoms with Gasteiger partial charge in [0, 0.05) is 46.5 Å². The molecule has 0 saturated heterocycles. The highest BCUT2D eigenvalue weighted by Gasteiger charge is 2.25. The van der Waals surface area contributed by atoms with Crippen LogP contribution in [0.15, 0.2) is 59.3 Å². The zero-order valence-electron chi connectivity index (χ0n) is 17.0. The number of halogens is 1. The van der Waals surface area contributed by atoms with Gasteiger partial charge in [-0.1, -0.05) is 47.1 Å². The summed E-state index contributed by atoms with van der Waals surface area (Å²) >= 11 is 3.45. The smallest absolute Gasteiger partial charge is 0.254 e. The molecule has 1 aromatic heterocycles.